The molecule has 0 radical (unpaired) electrons. The van der Waals surface area contributed by atoms with Crippen LogP contribution in [0.4, 0.5) is 16.4 Å². The Hall–Kier alpha value is -5.52. The summed E-state index contributed by atoms with van der Waals surface area (Å²) < 4.78 is 11.9. The fourth-order valence-electron chi connectivity index (χ4n) is 7.64. The lowest BCUT2D eigenvalue weighted by atomic mass is 9.98. The van der Waals surface area contributed by atoms with E-state index in [1.54, 1.807) is 50.6 Å². The minimum Gasteiger partial charge on any atom is -0.492 e. The Morgan fingerprint density at radius 3 is 2.34 bits per heavy atom. The van der Waals surface area contributed by atoms with Crippen LogP contribution in [-0.4, -0.2) is 121 Å². The lowest BCUT2D eigenvalue weighted by Crippen LogP contribution is -2.60. The van der Waals surface area contributed by atoms with Gasteiger partial charge in [-0.25, -0.2) is 29.7 Å². The molecule has 3 aromatic rings. The van der Waals surface area contributed by atoms with Crippen LogP contribution in [0.15, 0.2) is 52.0 Å². The average molecular weight is 858 g/mol. The van der Waals surface area contributed by atoms with Gasteiger partial charge in [-0.05, 0) is 78.7 Å². The number of aliphatic imine (C=N–C) groups is 1. The molecule has 0 aliphatic carbocycles. The van der Waals surface area contributed by atoms with Crippen molar-refractivity contribution < 1.29 is 28.7 Å². The summed E-state index contributed by atoms with van der Waals surface area (Å²) in [6, 6.07) is 2.06. The number of rotatable bonds is 10. The molecule has 3 fully saturated rings. The van der Waals surface area contributed by atoms with E-state index in [2.05, 4.69) is 55.9 Å². The zero-order valence-corrected chi connectivity index (χ0v) is 37.3. The molecule has 6 rings (SSSR count). The first-order valence-electron chi connectivity index (χ1n) is 20.8. The van der Waals surface area contributed by atoms with E-state index in [1.165, 1.54) is 17.4 Å². The largest absolute Gasteiger partial charge is 0.492 e. The number of amidine groups is 1. The van der Waals surface area contributed by atoms with Crippen molar-refractivity contribution in [2.45, 2.75) is 121 Å². The Labute approximate surface area is 361 Å². The highest BCUT2D eigenvalue weighted by Crippen LogP contribution is 2.42. The van der Waals surface area contributed by atoms with Gasteiger partial charge in [0.15, 0.2) is 5.82 Å². The normalized spacial score (nSPS) is 21.0. The molecule has 0 bridgehead atoms. The van der Waals surface area contributed by atoms with Crippen LogP contribution in [0.3, 0.4) is 0 Å². The summed E-state index contributed by atoms with van der Waals surface area (Å²) in [4.78, 5) is 81.2. The number of anilines is 1. The number of carbonyl (C=O) groups is 4. The SMILES string of the molecule is C/C(N)=C(\C)C(N)=Nc1ncnc2cc(OCC3CCN(c4cnc(C(=O)N5CCC6CCC(C=O)N6C(=O)C(NC(=O)OC(C)(C)C)C5)cn4)CC3)c(SC(C)(C)C)cc12. The van der Waals surface area contributed by atoms with Crippen molar-refractivity contribution in [2.75, 3.05) is 37.7 Å². The molecule has 3 saturated heterocycles. The highest BCUT2D eigenvalue weighted by Gasteiger charge is 2.43. The van der Waals surface area contributed by atoms with Gasteiger partial charge in [-0.2, -0.15) is 0 Å². The first kappa shape index (κ1) is 45.0. The Bertz CT molecular complexity index is 2170. The molecule has 328 valence electrons. The van der Waals surface area contributed by atoms with E-state index in [9.17, 15) is 19.2 Å². The molecule has 5 N–H and O–H groups in total. The van der Waals surface area contributed by atoms with E-state index < -0.39 is 35.6 Å². The number of aromatic nitrogens is 4. The molecule has 3 aliphatic heterocycles. The number of benzene rings is 1. The van der Waals surface area contributed by atoms with Crippen LogP contribution in [0.1, 0.15) is 98.0 Å². The Balaban J connectivity index is 1.10. The molecular weight excluding hydrogens is 799 g/mol. The molecule has 1 aromatic carbocycles. The molecule has 3 aliphatic rings. The molecular formula is C43H59N11O6S. The predicted octanol–water partition coefficient (Wildman–Crippen LogP) is 5.14. The number of nitrogens with zero attached hydrogens (tertiary/aromatic N) is 8. The van der Waals surface area contributed by atoms with E-state index in [0.29, 0.717) is 72.6 Å². The quantitative estimate of drug-likeness (QED) is 0.104. The fourth-order valence-corrected chi connectivity index (χ4v) is 8.70. The molecule has 5 heterocycles. The highest BCUT2D eigenvalue weighted by atomic mass is 32.2. The maximum Gasteiger partial charge on any atom is 0.408 e. The summed E-state index contributed by atoms with van der Waals surface area (Å²) in [7, 11) is 0. The van der Waals surface area contributed by atoms with Crippen LogP contribution >= 0.6 is 11.8 Å². The third-order valence-electron chi connectivity index (χ3n) is 10.9. The summed E-state index contributed by atoms with van der Waals surface area (Å²) in [6.45, 7) is 17.4. The van der Waals surface area contributed by atoms with Gasteiger partial charge in [0.05, 0.1) is 42.0 Å². The maximum absolute atomic E-state index is 13.9. The molecule has 3 amide bonds. The van der Waals surface area contributed by atoms with E-state index in [4.69, 9.17) is 20.9 Å². The predicted molar refractivity (Wildman–Crippen MR) is 235 cm³/mol. The Kier molecular flexibility index (Phi) is 13.7. The third-order valence-corrected chi connectivity index (χ3v) is 12.1. The lowest BCUT2D eigenvalue weighted by molar-refractivity contribution is -0.140. The van der Waals surface area contributed by atoms with Crippen molar-refractivity contribution in [3.05, 3.63) is 47.8 Å². The number of alkyl carbamates (subject to hydrolysis) is 1. The van der Waals surface area contributed by atoms with Gasteiger partial charge in [0.2, 0.25) is 5.91 Å². The second-order valence-electron chi connectivity index (χ2n) is 18.0. The highest BCUT2D eigenvalue weighted by molar-refractivity contribution is 8.00. The van der Waals surface area contributed by atoms with Crippen LogP contribution in [-0.2, 0) is 14.3 Å². The van der Waals surface area contributed by atoms with E-state index in [0.717, 1.165) is 48.2 Å². The van der Waals surface area contributed by atoms with Gasteiger partial charge >= 0.3 is 6.09 Å². The number of nitrogens with one attached hydrogen (secondary N) is 1. The van der Waals surface area contributed by atoms with E-state index in [1.807, 2.05) is 19.1 Å². The second kappa shape index (κ2) is 18.6. The fraction of sp³-hybridized carbons (Fsp3) is 0.558. The molecule has 3 atom stereocenters. The zero-order valence-electron chi connectivity index (χ0n) is 36.4. The Morgan fingerprint density at radius 1 is 0.967 bits per heavy atom. The lowest BCUT2D eigenvalue weighted by Gasteiger charge is -2.38. The molecule has 2 aromatic heterocycles. The van der Waals surface area contributed by atoms with Gasteiger partial charge in [0.25, 0.3) is 5.91 Å². The number of ether oxygens (including phenoxy) is 2. The number of piperidine rings is 1. The number of amides is 3. The van der Waals surface area contributed by atoms with Crippen molar-refractivity contribution in [3.8, 4) is 5.75 Å². The number of carbonyl (C=O) groups excluding carboxylic acids is 4. The molecule has 18 heteroatoms. The zero-order chi connectivity index (χ0) is 44.2. The summed E-state index contributed by atoms with van der Waals surface area (Å²) in [6.07, 6.45) is 7.93. The maximum atomic E-state index is 13.9. The number of thioether (sulfide) groups is 1. The van der Waals surface area contributed by atoms with E-state index >= 15 is 0 Å². The van der Waals surface area contributed by atoms with Crippen molar-refractivity contribution in [3.63, 3.8) is 0 Å². The van der Waals surface area contributed by atoms with E-state index in [-0.39, 0.29) is 23.0 Å². The molecule has 3 unspecified atom stereocenters. The summed E-state index contributed by atoms with van der Waals surface area (Å²) in [5.74, 6) is 1.65. The number of nitrogens with two attached hydrogens (primary N) is 2. The third kappa shape index (κ3) is 11.3. The average Bonchev–Trinajstić information content (AvgIpc) is 3.61. The van der Waals surface area contributed by atoms with Crippen molar-refractivity contribution in [2.24, 2.45) is 22.4 Å². The molecule has 61 heavy (non-hydrogen) atoms. The second-order valence-corrected chi connectivity index (χ2v) is 19.8. The summed E-state index contributed by atoms with van der Waals surface area (Å²) in [5, 5.41) is 3.42. The minimum atomic E-state index is -1.11. The van der Waals surface area contributed by atoms with Crippen LogP contribution in [0, 0.1) is 5.92 Å². The summed E-state index contributed by atoms with van der Waals surface area (Å²) >= 11 is 1.70. The van der Waals surface area contributed by atoms with Crippen LogP contribution in [0.5, 0.6) is 5.75 Å². The van der Waals surface area contributed by atoms with Gasteiger partial charge in [-0.3, -0.25) is 9.59 Å². The summed E-state index contributed by atoms with van der Waals surface area (Å²) in [5.41, 5.74) is 13.5. The number of hydrogen-bond donors (Lipinski definition) is 3. The first-order valence-corrected chi connectivity index (χ1v) is 21.6. The molecule has 17 nitrogen and oxygen atoms in total. The number of aldehydes is 1. The Morgan fingerprint density at radius 2 is 1.70 bits per heavy atom. The van der Waals surface area contributed by atoms with Crippen molar-refractivity contribution in [1.82, 2.24) is 35.1 Å². The van der Waals surface area contributed by atoms with Gasteiger partial charge in [-0.15, -0.1) is 11.8 Å². The number of allylic oxidation sites excluding steroid dienone is 1. The smallest absolute Gasteiger partial charge is 0.408 e. The number of hydrogen-bond acceptors (Lipinski definition) is 14. The first-order chi connectivity index (χ1) is 28.8. The molecule has 0 spiro atoms. The van der Waals surface area contributed by atoms with Crippen LogP contribution in [0.2, 0.25) is 0 Å². The number of fused-ring (bicyclic) bond motifs is 2. The van der Waals surface area contributed by atoms with Gasteiger partial charge in [0.1, 0.15) is 47.4 Å². The van der Waals surface area contributed by atoms with Crippen molar-refractivity contribution in [1.29, 1.82) is 0 Å². The van der Waals surface area contributed by atoms with Gasteiger partial charge < -0.3 is 45.8 Å². The van der Waals surface area contributed by atoms with Crippen LogP contribution < -0.4 is 26.4 Å². The van der Waals surface area contributed by atoms with Gasteiger partial charge in [0, 0.05) is 53.1 Å². The molecule has 0 saturated carbocycles. The standard InChI is InChI=1S/C43H59N11O6S/c1-25(26(2)44)37(45)51-38-30-17-35(61-43(6,7)8)34(18-31(30)48-24-49-38)59-23-27-11-14-52(15-12-27)36-20-46-32(19-47-36)39(56)53-16-13-28-9-10-29(22-55)54(28)40(57)33(21-53)50-41(58)60-42(3,4)5/h17-20,22,24,27-29,33H,9-16,21,23,44H2,1-8H3,(H,50,58)(H2,45,48,49,51)/b26-25-. The van der Waals surface area contributed by atoms with Crippen molar-refractivity contribution >= 4 is 64.3 Å². The van der Waals surface area contributed by atoms with Gasteiger partial charge in [-0.1, -0.05) is 20.8 Å². The van der Waals surface area contributed by atoms with Crippen LogP contribution in [0.25, 0.3) is 10.9 Å². The monoisotopic (exact) mass is 857 g/mol. The topological polar surface area (TPSA) is 224 Å². The minimum absolute atomic E-state index is 0.0986.